The Bertz CT molecular complexity index is 689. The van der Waals surface area contributed by atoms with Gasteiger partial charge in [0.15, 0.2) is 0 Å². The zero-order valence-corrected chi connectivity index (χ0v) is 12.4. The summed E-state index contributed by atoms with van der Waals surface area (Å²) in [5.41, 5.74) is 1.10. The number of nitro benzene ring substituents is 1. The summed E-state index contributed by atoms with van der Waals surface area (Å²) in [4.78, 5) is 21.8. The van der Waals surface area contributed by atoms with Crippen molar-refractivity contribution in [2.24, 2.45) is 0 Å². The number of aromatic nitrogens is 2. The van der Waals surface area contributed by atoms with Crippen molar-refractivity contribution in [3.8, 4) is 0 Å². The van der Waals surface area contributed by atoms with Gasteiger partial charge in [0.1, 0.15) is 5.82 Å². The molecule has 0 saturated heterocycles. The Morgan fingerprint density at radius 3 is 2.74 bits per heavy atom. The standard InChI is InChI=1S/C14H16N6O3/c1-10-5-6-13(19-18-10)15-7-8-16-14(21)17-11-3-2-4-12(9-11)20(22)23/h2-6,9H,7-8H2,1H3,(H,15,19)(H2,16,17,21). The molecule has 1 aromatic heterocycles. The Balaban J connectivity index is 1.74. The zero-order valence-electron chi connectivity index (χ0n) is 12.4. The maximum atomic E-state index is 11.7. The molecule has 2 aromatic rings. The van der Waals surface area contributed by atoms with E-state index in [-0.39, 0.29) is 5.69 Å². The van der Waals surface area contributed by atoms with Crippen molar-refractivity contribution in [2.45, 2.75) is 6.92 Å². The molecule has 3 N–H and O–H groups in total. The first kappa shape index (κ1) is 16.1. The summed E-state index contributed by atoms with van der Waals surface area (Å²) in [6.07, 6.45) is 0. The molecule has 0 saturated carbocycles. The number of carbonyl (C=O) groups is 1. The fraction of sp³-hybridized carbons (Fsp3) is 0.214. The Morgan fingerprint density at radius 2 is 2.04 bits per heavy atom. The van der Waals surface area contributed by atoms with Crippen molar-refractivity contribution in [3.63, 3.8) is 0 Å². The van der Waals surface area contributed by atoms with Crippen LogP contribution in [0.4, 0.5) is 22.0 Å². The number of amides is 2. The Kier molecular flexibility index (Phi) is 5.40. The highest BCUT2D eigenvalue weighted by molar-refractivity contribution is 5.89. The number of aryl methyl sites for hydroxylation is 1. The number of nitro groups is 1. The first-order chi connectivity index (χ1) is 11.0. The highest BCUT2D eigenvalue weighted by Crippen LogP contribution is 2.16. The summed E-state index contributed by atoms with van der Waals surface area (Å²) in [5, 5.41) is 26.7. The fourth-order valence-electron chi connectivity index (χ4n) is 1.73. The van der Waals surface area contributed by atoms with E-state index in [1.54, 1.807) is 12.1 Å². The zero-order chi connectivity index (χ0) is 16.7. The van der Waals surface area contributed by atoms with Crippen LogP contribution in [0.1, 0.15) is 5.69 Å². The topological polar surface area (TPSA) is 122 Å². The molecule has 1 heterocycles. The van der Waals surface area contributed by atoms with Crippen molar-refractivity contribution < 1.29 is 9.72 Å². The van der Waals surface area contributed by atoms with E-state index in [9.17, 15) is 14.9 Å². The van der Waals surface area contributed by atoms with Gasteiger partial charge in [0, 0.05) is 30.9 Å². The molecule has 0 aliphatic heterocycles. The van der Waals surface area contributed by atoms with Gasteiger partial charge in [-0.15, -0.1) is 5.10 Å². The molecule has 23 heavy (non-hydrogen) atoms. The van der Waals surface area contributed by atoms with Gasteiger partial charge in [-0.3, -0.25) is 10.1 Å². The number of urea groups is 1. The second-order valence-corrected chi connectivity index (χ2v) is 4.68. The predicted molar refractivity (Wildman–Crippen MR) is 85.4 cm³/mol. The highest BCUT2D eigenvalue weighted by atomic mass is 16.6. The molecule has 9 nitrogen and oxygen atoms in total. The summed E-state index contributed by atoms with van der Waals surface area (Å²) in [6.45, 7) is 2.67. The lowest BCUT2D eigenvalue weighted by Crippen LogP contribution is -2.32. The summed E-state index contributed by atoms with van der Waals surface area (Å²) < 4.78 is 0. The second-order valence-electron chi connectivity index (χ2n) is 4.68. The van der Waals surface area contributed by atoms with E-state index in [1.807, 2.05) is 13.0 Å². The number of non-ortho nitro benzene ring substituents is 1. The summed E-state index contributed by atoms with van der Waals surface area (Å²) in [7, 11) is 0. The molecule has 0 aliphatic rings. The van der Waals surface area contributed by atoms with Crippen LogP contribution in [-0.2, 0) is 0 Å². The van der Waals surface area contributed by atoms with Crippen LogP contribution in [0.15, 0.2) is 36.4 Å². The molecule has 0 spiro atoms. The maximum Gasteiger partial charge on any atom is 0.319 e. The van der Waals surface area contributed by atoms with Gasteiger partial charge in [0.25, 0.3) is 5.69 Å². The van der Waals surface area contributed by atoms with E-state index in [0.717, 1.165) is 5.69 Å². The number of hydrogen-bond donors (Lipinski definition) is 3. The number of hydrogen-bond acceptors (Lipinski definition) is 6. The van der Waals surface area contributed by atoms with Crippen LogP contribution in [0.25, 0.3) is 0 Å². The third-order valence-electron chi connectivity index (χ3n) is 2.83. The van der Waals surface area contributed by atoms with Gasteiger partial charge in [-0.1, -0.05) is 6.07 Å². The van der Waals surface area contributed by atoms with Crippen molar-refractivity contribution >= 4 is 23.2 Å². The molecule has 0 fully saturated rings. The van der Waals surface area contributed by atoms with Gasteiger partial charge < -0.3 is 16.0 Å². The summed E-state index contributed by atoms with van der Waals surface area (Å²) >= 11 is 0. The average Bonchev–Trinajstić information content (AvgIpc) is 2.53. The van der Waals surface area contributed by atoms with Crippen LogP contribution in [0.2, 0.25) is 0 Å². The molecule has 0 atom stereocenters. The van der Waals surface area contributed by atoms with Gasteiger partial charge >= 0.3 is 6.03 Å². The number of anilines is 2. The van der Waals surface area contributed by atoms with Crippen LogP contribution in [0.5, 0.6) is 0 Å². The van der Waals surface area contributed by atoms with Crippen LogP contribution in [0, 0.1) is 17.0 Å². The molecular weight excluding hydrogens is 300 g/mol. The largest absolute Gasteiger partial charge is 0.367 e. The number of nitrogens with one attached hydrogen (secondary N) is 3. The Morgan fingerprint density at radius 1 is 1.22 bits per heavy atom. The van der Waals surface area contributed by atoms with Gasteiger partial charge in [-0.2, -0.15) is 5.10 Å². The van der Waals surface area contributed by atoms with E-state index in [1.165, 1.54) is 18.2 Å². The molecule has 2 rings (SSSR count). The summed E-state index contributed by atoms with van der Waals surface area (Å²) in [6, 6.07) is 8.92. The molecule has 0 aliphatic carbocycles. The predicted octanol–water partition coefficient (Wildman–Crippen LogP) is 1.93. The van der Waals surface area contributed by atoms with Crippen molar-refractivity contribution in [1.82, 2.24) is 15.5 Å². The molecule has 120 valence electrons. The van der Waals surface area contributed by atoms with E-state index >= 15 is 0 Å². The molecular formula is C14H16N6O3. The highest BCUT2D eigenvalue weighted by Gasteiger charge is 2.07. The lowest BCUT2D eigenvalue weighted by atomic mass is 10.3. The van der Waals surface area contributed by atoms with E-state index in [4.69, 9.17) is 0 Å². The van der Waals surface area contributed by atoms with Crippen molar-refractivity contribution in [3.05, 3.63) is 52.2 Å². The smallest absolute Gasteiger partial charge is 0.319 e. The lowest BCUT2D eigenvalue weighted by Gasteiger charge is -2.08. The molecule has 0 unspecified atom stereocenters. The van der Waals surface area contributed by atoms with Crippen molar-refractivity contribution in [2.75, 3.05) is 23.7 Å². The second kappa shape index (κ2) is 7.69. The molecule has 1 aromatic carbocycles. The first-order valence-electron chi connectivity index (χ1n) is 6.88. The third-order valence-corrected chi connectivity index (χ3v) is 2.83. The Labute approximate surface area is 132 Å². The minimum atomic E-state index is -0.518. The molecule has 0 bridgehead atoms. The van der Waals surface area contributed by atoms with Crippen LogP contribution in [-0.4, -0.2) is 34.2 Å². The number of benzene rings is 1. The van der Waals surface area contributed by atoms with Gasteiger partial charge in [-0.05, 0) is 25.1 Å². The van der Waals surface area contributed by atoms with E-state index in [2.05, 4.69) is 26.1 Å². The van der Waals surface area contributed by atoms with Crippen LogP contribution < -0.4 is 16.0 Å². The summed E-state index contributed by atoms with van der Waals surface area (Å²) in [5.74, 6) is 0.622. The fourth-order valence-corrected chi connectivity index (χ4v) is 1.73. The number of carbonyl (C=O) groups excluding carboxylic acids is 1. The minimum Gasteiger partial charge on any atom is -0.367 e. The SMILES string of the molecule is Cc1ccc(NCCNC(=O)Nc2cccc([N+](=O)[O-])c2)nn1. The normalized spacial score (nSPS) is 9.96. The number of nitrogens with zero attached hydrogens (tertiary/aromatic N) is 3. The van der Waals surface area contributed by atoms with Crippen LogP contribution in [0.3, 0.4) is 0 Å². The average molecular weight is 316 g/mol. The Hall–Kier alpha value is -3.23. The van der Waals surface area contributed by atoms with E-state index < -0.39 is 11.0 Å². The molecule has 9 heteroatoms. The monoisotopic (exact) mass is 316 g/mol. The molecule has 0 radical (unpaired) electrons. The third kappa shape index (κ3) is 5.23. The van der Waals surface area contributed by atoms with Gasteiger partial charge in [0.2, 0.25) is 0 Å². The van der Waals surface area contributed by atoms with Gasteiger partial charge in [0.05, 0.1) is 10.6 Å². The van der Waals surface area contributed by atoms with E-state index in [0.29, 0.717) is 24.6 Å². The van der Waals surface area contributed by atoms with Crippen molar-refractivity contribution in [1.29, 1.82) is 0 Å². The quantitative estimate of drug-likeness (QED) is 0.425. The first-order valence-corrected chi connectivity index (χ1v) is 6.88. The minimum absolute atomic E-state index is 0.0811. The van der Waals surface area contributed by atoms with Crippen LogP contribution >= 0.6 is 0 Å². The number of rotatable bonds is 6. The molecule has 2 amide bonds. The maximum absolute atomic E-state index is 11.7. The van der Waals surface area contributed by atoms with Gasteiger partial charge in [-0.25, -0.2) is 4.79 Å². The lowest BCUT2D eigenvalue weighted by molar-refractivity contribution is -0.384.